The lowest BCUT2D eigenvalue weighted by atomic mass is 10.2. The van der Waals surface area contributed by atoms with Crippen molar-refractivity contribution < 1.29 is 14.7 Å². The quantitative estimate of drug-likeness (QED) is 0.725. The molecule has 0 aliphatic rings. The molecule has 0 radical (unpaired) electrons. The van der Waals surface area contributed by atoms with Gasteiger partial charge in [-0.3, -0.25) is 4.79 Å². The molecular weight excluding hydrogens is 314 g/mol. The summed E-state index contributed by atoms with van der Waals surface area (Å²) in [4.78, 5) is 24.4. The fraction of sp³-hybridized carbons (Fsp3) is 0.333. The van der Waals surface area contributed by atoms with Gasteiger partial charge in [-0.1, -0.05) is 15.9 Å². The lowest BCUT2D eigenvalue weighted by Crippen LogP contribution is -2.39. The van der Waals surface area contributed by atoms with E-state index in [-0.39, 0.29) is 29.8 Å². The van der Waals surface area contributed by atoms with Crippen LogP contribution in [0.15, 0.2) is 22.7 Å². The molecule has 1 aromatic rings. The van der Waals surface area contributed by atoms with Crippen molar-refractivity contribution in [2.24, 2.45) is 0 Å². The Labute approximate surface area is 119 Å². The summed E-state index contributed by atoms with van der Waals surface area (Å²) in [6, 6.07) is 4.42. The number of hydrogen-bond acceptors (Lipinski definition) is 3. The van der Waals surface area contributed by atoms with Gasteiger partial charge in [-0.25, -0.2) is 4.79 Å². The number of amides is 3. The Morgan fingerprint density at radius 1 is 1.26 bits per heavy atom. The molecular formula is C12H16BrN3O3. The summed E-state index contributed by atoms with van der Waals surface area (Å²) in [5.41, 5.74) is 0.196. The van der Waals surface area contributed by atoms with Gasteiger partial charge in [0.2, 0.25) is 0 Å². The van der Waals surface area contributed by atoms with Gasteiger partial charge in [0.25, 0.3) is 5.91 Å². The van der Waals surface area contributed by atoms with Crippen molar-refractivity contribution in [1.82, 2.24) is 15.5 Å². The maximum atomic E-state index is 11.7. The Hall–Kier alpha value is -1.76. The van der Waals surface area contributed by atoms with Gasteiger partial charge >= 0.3 is 6.03 Å². The summed E-state index contributed by atoms with van der Waals surface area (Å²) in [5.74, 6) is -0.478. The highest BCUT2D eigenvalue weighted by molar-refractivity contribution is 9.10. The van der Waals surface area contributed by atoms with E-state index in [1.807, 2.05) is 0 Å². The first-order valence-electron chi connectivity index (χ1n) is 5.63. The minimum Gasteiger partial charge on any atom is -0.507 e. The Morgan fingerprint density at radius 3 is 2.47 bits per heavy atom. The smallest absolute Gasteiger partial charge is 0.316 e. The maximum Gasteiger partial charge on any atom is 0.316 e. The molecule has 0 atom stereocenters. The van der Waals surface area contributed by atoms with Gasteiger partial charge in [0, 0.05) is 31.7 Å². The average Bonchev–Trinajstić information content (AvgIpc) is 2.33. The average molecular weight is 330 g/mol. The molecule has 0 aromatic heterocycles. The summed E-state index contributed by atoms with van der Waals surface area (Å²) in [5, 5.41) is 14.8. The van der Waals surface area contributed by atoms with Gasteiger partial charge in [-0.15, -0.1) is 0 Å². The SMILES string of the molecule is CN(C)C(=O)NCCNC(=O)c1ccc(Br)cc1O. The highest BCUT2D eigenvalue weighted by Gasteiger charge is 2.10. The van der Waals surface area contributed by atoms with Crippen LogP contribution in [0.2, 0.25) is 0 Å². The third-order valence-electron chi connectivity index (χ3n) is 2.30. The molecule has 19 heavy (non-hydrogen) atoms. The molecule has 0 unspecified atom stereocenters. The molecule has 3 amide bonds. The number of hydrogen-bond donors (Lipinski definition) is 3. The second kappa shape index (κ2) is 6.98. The maximum absolute atomic E-state index is 11.7. The number of carbonyl (C=O) groups is 2. The van der Waals surface area contributed by atoms with Crippen molar-refractivity contribution in [1.29, 1.82) is 0 Å². The summed E-state index contributed by atoms with van der Waals surface area (Å²) in [6.07, 6.45) is 0. The van der Waals surface area contributed by atoms with Crippen LogP contribution in [0.5, 0.6) is 5.75 Å². The van der Waals surface area contributed by atoms with Gasteiger partial charge in [-0.05, 0) is 18.2 Å². The minimum atomic E-state index is -0.385. The summed E-state index contributed by atoms with van der Waals surface area (Å²) in [7, 11) is 3.27. The van der Waals surface area contributed by atoms with E-state index in [0.29, 0.717) is 11.0 Å². The summed E-state index contributed by atoms with van der Waals surface area (Å²) in [6.45, 7) is 0.605. The van der Waals surface area contributed by atoms with Gasteiger partial charge in [-0.2, -0.15) is 0 Å². The minimum absolute atomic E-state index is 0.0933. The molecule has 1 aromatic carbocycles. The first-order chi connectivity index (χ1) is 8.91. The van der Waals surface area contributed by atoms with Crippen molar-refractivity contribution in [2.75, 3.05) is 27.2 Å². The van der Waals surface area contributed by atoms with Crippen LogP contribution in [0, 0.1) is 0 Å². The lowest BCUT2D eigenvalue weighted by Gasteiger charge is -2.12. The predicted molar refractivity (Wildman–Crippen MR) is 75.2 cm³/mol. The second-order valence-corrected chi connectivity index (χ2v) is 4.96. The number of phenolic OH excluding ortho intramolecular Hbond substituents is 1. The van der Waals surface area contributed by atoms with E-state index in [2.05, 4.69) is 26.6 Å². The Bertz CT molecular complexity index is 477. The molecule has 6 nitrogen and oxygen atoms in total. The van der Waals surface area contributed by atoms with Gasteiger partial charge in [0.15, 0.2) is 0 Å². The number of aromatic hydroxyl groups is 1. The molecule has 0 heterocycles. The predicted octanol–water partition coefficient (Wildman–Crippen LogP) is 1.16. The normalized spacial score (nSPS) is 9.84. The molecule has 0 saturated carbocycles. The number of rotatable bonds is 4. The van der Waals surface area contributed by atoms with E-state index in [1.54, 1.807) is 20.2 Å². The van der Waals surface area contributed by atoms with Crippen LogP contribution in [0.25, 0.3) is 0 Å². The molecule has 1 rings (SSSR count). The number of nitrogens with one attached hydrogen (secondary N) is 2. The summed E-state index contributed by atoms with van der Waals surface area (Å²) >= 11 is 3.19. The highest BCUT2D eigenvalue weighted by Crippen LogP contribution is 2.21. The topological polar surface area (TPSA) is 81.7 Å². The van der Waals surface area contributed by atoms with Crippen LogP contribution in [-0.4, -0.2) is 49.1 Å². The molecule has 0 aliphatic carbocycles. The fourth-order valence-electron chi connectivity index (χ4n) is 1.30. The Kier molecular flexibility index (Phi) is 5.62. The third kappa shape index (κ3) is 4.78. The number of benzene rings is 1. The summed E-state index contributed by atoms with van der Waals surface area (Å²) < 4.78 is 0.694. The number of urea groups is 1. The van der Waals surface area contributed by atoms with Crippen LogP contribution in [0.4, 0.5) is 4.79 Å². The highest BCUT2D eigenvalue weighted by atomic mass is 79.9. The fourth-order valence-corrected chi connectivity index (χ4v) is 1.64. The third-order valence-corrected chi connectivity index (χ3v) is 2.79. The molecule has 104 valence electrons. The van der Waals surface area contributed by atoms with E-state index in [9.17, 15) is 14.7 Å². The number of phenols is 1. The van der Waals surface area contributed by atoms with Crippen molar-refractivity contribution in [3.63, 3.8) is 0 Å². The molecule has 3 N–H and O–H groups in total. The molecule has 0 aliphatic heterocycles. The largest absolute Gasteiger partial charge is 0.507 e. The molecule has 0 spiro atoms. The molecule has 0 bridgehead atoms. The van der Waals surface area contributed by atoms with E-state index >= 15 is 0 Å². The second-order valence-electron chi connectivity index (χ2n) is 4.04. The number of carbonyl (C=O) groups excluding carboxylic acids is 2. The monoisotopic (exact) mass is 329 g/mol. The first-order valence-corrected chi connectivity index (χ1v) is 6.43. The first kappa shape index (κ1) is 15.3. The van der Waals surface area contributed by atoms with Gasteiger partial charge in [0.05, 0.1) is 5.56 Å². The zero-order valence-corrected chi connectivity index (χ0v) is 12.3. The van der Waals surface area contributed by atoms with E-state index in [4.69, 9.17) is 0 Å². The van der Waals surface area contributed by atoms with Crippen molar-refractivity contribution >= 4 is 27.9 Å². The standard InChI is InChI=1S/C12H16BrN3O3/c1-16(2)12(19)15-6-5-14-11(18)9-4-3-8(13)7-10(9)17/h3-4,7,17H,5-6H2,1-2H3,(H,14,18)(H,15,19). The zero-order chi connectivity index (χ0) is 14.4. The van der Waals surface area contributed by atoms with E-state index in [0.717, 1.165) is 0 Å². The number of nitrogens with zero attached hydrogens (tertiary/aromatic N) is 1. The molecule has 7 heteroatoms. The molecule has 0 fully saturated rings. The van der Waals surface area contributed by atoms with Gasteiger partial charge < -0.3 is 20.6 Å². The van der Waals surface area contributed by atoms with E-state index in [1.165, 1.54) is 17.0 Å². The Balaban J connectivity index is 2.41. The van der Waals surface area contributed by atoms with Crippen LogP contribution >= 0.6 is 15.9 Å². The zero-order valence-electron chi connectivity index (χ0n) is 10.7. The lowest BCUT2D eigenvalue weighted by molar-refractivity contribution is 0.0951. The Morgan fingerprint density at radius 2 is 1.89 bits per heavy atom. The van der Waals surface area contributed by atoms with Crippen molar-refractivity contribution in [3.8, 4) is 5.75 Å². The van der Waals surface area contributed by atoms with Gasteiger partial charge in [0.1, 0.15) is 5.75 Å². The van der Waals surface area contributed by atoms with E-state index < -0.39 is 0 Å². The van der Waals surface area contributed by atoms with Crippen LogP contribution in [0.1, 0.15) is 10.4 Å². The van der Waals surface area contributed by atoms with Crippen molar-refractivity contribution in [2.45, 2.75) is 0 Å². The van der Waals surface area contributed by atoms with Crippen LogP contribution < -0.4 is 10.6 Å². The van der Waals surface area contributed by atoms with Crippen molar-refractivity contribution in [3.05, 3.63) is 28.2 Å². The van der Waals surface area contributed by atoms with Crippen LogP contribution in [0.3, 0.4) is 0 Å². The molecule has 0 saturated heterocycles. The number of halogens is 1. The van der Waals surface area contributed by atoms with Crippen LogP contribution in [-0.2, 0) is 0 Å².